The fourth-order valence-electron chi connectivity index (χ4n) is 3.01. The molecule has 1 aliphatic rings. The second-order valence-corrected chi connectivity index (χ2v) is 8.49. The molecule has 2 aromatic heterocycles. The number of thiophene rings is 1. The van der Waals surface area contributed by atoms with Crippen molar-refractivity contribution in [3.8, 4) is 6.07 Å². The monoisotopic (exact) mass is 372 g/mol. The summed E-state index contributed by atoms with van der Waals surface area (Å²) in [6.45, 7) is 6.05. The molecule has 25 heavy (non-hydrogen) atoms. The summed E-state index contributed by atoms with van der Waals surface area (Å²) in [6, 6.07) is 4.18. The number of fused-ring (bicyclic) bond motifs is 1. The van der Waals surface area contributed by atoms with Gasteiger partial charge in [-0.2, -0.15) is 5.26 Å². The van der Waals surface area contributed by atoms with E-state index in [1.165, 1.54) is 16.6 Å². The van der Waals surface area contributed by atoms with E-state index >= 15 is 0 Å². The quantitative estimate of drug-likeness (QED) is 0.651. The third-order valence-corrected chi connectivity index (χ3v) is 6.19. The number of nitriles is 1. The second kappa shape index (κ2) is 7.54. The van der Waals surface area contributed by atoms with Crippen LogP contribution in [0.2, 0.25) is 0 Å². The normalized spacial score (nSPS) is 16.2. The van der Waals surface area contributed by atoms with Crippen molar-refractivity contribution in [2.45, 2.75) is 45.2 Å². The molecular weight excluding hydrogens is 352 g/mol. The fraction of sp³-hybridized carbons (Fsp3) is 0.444. The van der Waals surface area contributed by atoms with Gasteiger partial charge in [0.25, 0.3) is 0 Å². The summed E-state index contributed by atoms with van der Waals surface area (Å²) in [5.74, 6) is 0.738. The first-order chi connectivity index (χ1) is 12.0. The van der Waals surface area contributed by atoms with Crippen molar-refractivity contribution in [3.05, 3.63) is 33.5 Å². The zero-order valence-corrected chi connectivity index (χ0v) is 16.2. The van der Waals surface area contributed by atoms with E-state index in [1.807, 2.05) is 19.9 Å². The van der Waals surface area contributed by atoms with Crippen LogP contribution in [0.5, 0.6) is 0 Å². The van der Waals surface area contributed by atoms with Gasteiger partial charge in [-0.25, -0.2) is 9.97 Å². The second-order valence-electron chi connectivity index (χ2n) is 6.44. The average molecular weight is 373 g/mol. The van der Waals surface area contributed by atoms with Gasteiger partial charge < -0.3 is 5.32 Å². The number of nitrogens with zero attached hydrogens (tertiary/aromatic N) is 3. The van der Waals surface area contributed by atoms with Crippen LogP contribution in [0.4, 0.5) is 5.00 Å². The highest BCUT2D eigenvalue weighted by atomic mass is 32.2. The van der Waals surface area contributed by atoms with Gasteiger partial charge in [-0.15, -0.1) is 11.3 Å². The number of amides is 1. The molecular formula is C18H20N4OS2. The molecule has 2 heterocycles. The average Bonchev–Trinajstić information content (AvgIpc) is 2.88. The molecule has 0 spiro atoms. The lowest BCUT2D eigenvalue weighted by Gasteiger charge is -2.17. The number of thioether (sulfide) groups is 1. The Hall–Kier alpha value is -1.91. The van der Waals surface area contributed by atoms with Crippen LogP contribution in [0.3, 0.4) is 0 Å². The van der Waals surface area contributed by atoms with E-state index in [0.29, 0.717) is 21.6 Å². The van der Waals surface area contributed by atoms with Crippen molar-refractivity contribution in [1.82, 2.24) is 9.97 Å². The van der Waals surface area contributed by atoms with Crippen molar-refractivity contribution in [1.29, 1.82) is 5.26 Å². The first-order valence-corrected chi connectivity index (χ1v) is 10.1. The molecule has 1 N–H and O–H groups in total. The van der Waals surface area contributed by atoms with Crippen LogP contribution in [0.1, 0.15) is 40.7 Å². The predicted molar refractivity (Wildman–Crippen MR) is 101 cm³/mol. The highest BCUT2D eigenvalue weighted by molar-refractivity contribution is 7.99. The lowest BCUT2D eigenvalue weighted by molar-refractivity contribution is -0.113. The lowest BCUT2D eigenvalue weighted by atomic mass is 9.89. The first-order valence-electron chi connectivity index (χ1n) is 8.26. The fourth-order valence-corrected chi connectivity index (χ4v) is 5.13. The Morgan fingerprint density at radius 2 is 2.16 bits per heavy atom. The zero-order chi connectivity index (χ0) is 18.0. The summed E-state index contributed by atoms with van der Waals surface area (Å²) in [7, 11) is 0. The first kappa shape index (κ1) is 17.9. The maximum absolute atomic E-state index is 12.3. The van der Waals surface area contributed by atoms with Gasteiger partial charge in [0.15, 0.2) is 5.16 Å². The molecule has 0 saturated heterocycles. The van der Waals surface area contributed by atoms with Crippen LogP contribution < -0.4 is 5.32 Å². The topological polar surface area (TPSA) is 78.7 Å². The molecule has 3 rings (SSSR count). The molecule has 0 unspecified atom stereocenters. The van der Waals surface area contributed by atoms with E-state index in [0.717, 1.165) is 36.2 Å². The van der Waals surface area contributed by atoms with E-state index in [9.17, 15) is 10.1 Å². The summed E-state index contributed by atoms with van der Waals surface area (Å²) >= 11 is 2.86. The number of nitrogens with one attached hydrogen (secondary N) is 1. The Labute approximate surface area is 155 Å². The molecule has 0 radical (unpaired) electrons. The minimum absolute atomic E-state index is 0.129. The van der Waals surface area contributed by atoms with E-state index in [4.69, 9.17) is 0 Å². The number of hydrogen-bond donors (Lipinski definition) is 1. The molecule has 2 aromatic rings. The van der Waals surface area contributed by atoms with Gasteiger partial charge in [0.2, 0.25) is 5.91 Å². The number of aryl methyl sites for hydroxylation is 2. The van der Waals surface area contributed by atoms with E-state index in [2.05, 4.69) is 28.3 Å². The molecule has 5 nitrogen and oxygen atoms in total. The van der Waals surface area contributed by atoms with Crippen molar-refractivity contribution >= 4 is 34.0 Å². The summed E-state index contributed by atoms with van der Waals surface area (Å²) < 4.78 is 0. The number of anilines is 1. The third kappa shape index (κ3) is 4.20. The largest absolute Gasteiger partial charge is 0.316 e. The maximum Gasteiger partial charge on any atom is 0.235 e. The highest BCUT2D eigenvalue weighted by Gasteiger charge is 2.24. The van der Waals surface area contributed by atoms with Crippen LogP contribution in [-0.4, -0.2) is 21.6 Å². The number of carbonyl (C=O) groups excluding carboxylic acids is 1. The molecule has 1 amide bonds. The molecule has 1 atom stereocenters. The third-order valence-electron chi connectivity index (χ3n) is 4.17. The Balaban J connectivity index is 1.68. The molecule has 0 aromatic carbocycles. The van der Waals surface area contributed by atoms with Crippen molar-refractivity contribution in [2.75, 3.05) is 11.1 Å². The molecule has 7 heteroatoms. The van der Waals surface area contributed by atoms with Gasteiger partial charge in [0.05, 0.1) is 11.3 Å². The summed E-state index contributed by atoms with van der Waals surface area (Å²) in [6.07, 6.45) is 3.03. The highest BCUT2D eigenvalue weighted by Crippen LogP contribution is 2.39. The van der Waals surface area contributed by atoms with Crippen molar-refractivity contribution < 1.29 is 4.79 Å². The number of carbonyl (C=O) groups is 1. The van der Waals surface area contributed by atoms with E-state index < -0.39 is 0 Å². The minimum atomic E-state index is -0.129. The van der Waals surface area contributed by atoms with Gasteiger partial charge in [-0.05, 0) is 50.7 Å². The SMILES string of the molecule is Cc1cc(C)nc(SCC(=O)Nc2sc3c(c2C#N)CC[C@H](C)C3)n1. The van der Waals surface area contributed by atoms with Crippen LogP contribution in [-0.2, 0) is 17.6 Å². The van der Waals surface area contributed by atoms with Crippen LogP contribution >= 0.6 is 23.1 Å². The van der Waals surface area contributed by atoms with Gasteiger partial charge in [-0.1, -0.05) is 18.7 Å². The van der Waals surface area contributed by atoms with E-state index in [1.54, 1.807) is 11.3 Å². The summed E-state index contributed by atoms with van der Waals surface area (Å²) in [5, 5.41) is 13.7. The van der Waals surface area contributed by atoms with Crippen LogP contribution in [0.25, 0.3) is 0 Å². The standard InChI is InChI=1S/C18H20N4OS2/c1-10-4-5-13-14(8-19)17(25-15(13)6-10)22-16(23)9-24-18-20-11(2)7-12(3)21-18/h7,10H,4-6,9H2,1-3H3,(H,22,23)/t10-/m0/s1. The van der Waals surface area contributed by atoms with Crippen LogP contribution in [0.15, 0.2) is 11.2 Å². The van der Waals surface area contributed by atoms with Crippen molar-refractivity contribution in [2.24, 2.45) is 5.92 Å². The Bertz CT molecular complexity index is 833. The summed E-state index contributed by atoms with van der Waals surface area (Å²) in [5.41, 5.74) is 3.56. The Morgan fingerprint density at radius 1 is 1.44 bits per heavy atom. The number of hydrogen-bond acceptors (Lipinski definition) is 6. The van der Waals surface area contributed by atoms with Gasteiger partial charge in [0.1, 0.15) is 11.1 Å². The smallest absolute Gasteiger partial charge is 0.235 e. The summed E-state index contributed by atoms with van der Waals surface area (Å²) in [4.78, 5) is 22.2. The number of aromatic nitrogens is 2. The Kier molecular flexibility index (Phi) is 5.40. The van der Waals surface area contributed by atoms with Crippen molar-refractivity contribution in [3.63, 3.8) is 0 Å². The Morgan fingerprint density at radius 3 is 2.84 bits per heavy atom. The zero-order valence-electron chi connectivity index (χ0n) is 14.5. The van der Waals surface area contributed by atoms with E-state index in [-0.39, 0.29) is 11.7 Å². The number of rotatable bonds is 4. The maximum atomic E-state index is 12.3. The minimum Gasteiger partial charge on any atom is -0.316 e. The molecule has 1 aliphatic carbocycles. The van der Waals surface area contributed by atoms with Gasteiger partial charge in [-0.3, -0.25) is 4.79 Å². The van der Waals surface area contributed by atoms with Crippen LogP contribution in [0, 0.1) is 31.1 Å². The lowest BCUT2D eigenvalue weighted by Crippen LogP contribution is -2.14. The predicted octanol–water partition coefficient (Wildman–Crippen LogP) is 3.88. The molecule has 0 fully saturated rings. The van der Waals surface area contributed by atoms with Gasteiger partial charge >= 0.3 is 0 Å². The molecule has 130 valence electrons. The molecule has 0 saturated carbocycles. The molecule has 0 aliphatic heterocycles. The van der Waals surface area contributed by atoms with Gasteiger partial charge in [0, 0.05) is 16.3 Å². The molecule has 0 bridgehead atoms.